The Kier molecular flexibility index (Phi) is 7.53. The molecule has 0 radical (unpaired) electrons. The second-order valence-corrected chi connectivity index (χ2v) is 10.4. The predicted molar refractivity (Wildman–Crippen MR) is 125 cm³/mol. The van der Waals surface area contributed by atoms with Gasteiger partial charge >= 0.3 is 0 Å². The fourth-order valence-corrected chi connectivity index (χ4v) is 6.67. The van der Waals surface area contributed by atoms with Gasteiger partial charge in [0.05, 0.1) is 5.75 Å². The summed E-state index contributed by atoms with van der Waals surface area (Å²) in [5.74, 6) is 0.644. The zero-order valence-corrected chi connectivity index (χ0v) is 19.0. The zero-order valence-electron chi connectivity index (χ0n) is 17.4. The normalized spacial score (nSPS) is 19.4. The van der Waals surface area contributed by atoms with Gasteiger partial charge in [0, 0.05) is 21.1 Å². The highest BCUT2D eigenvalue weighted by atomic mass is 32.2. The Bertz CT molecular complexity index is 813. The summed E-state index contributed by atoms with van der Waals surface area (Å²) in [7, 11) is 0. The molecule has 2 atom stereocenters. The second kappa shape index (κ2) is 9.89. The van der Waals surface area contributed by atoms with E-state index in [0.717, 1.165) is 16.8 Å². The van der Waals surface area contributed by atoms with Crippen molar-refractivity contribution >= 4 is 35.1 Å². The van der Waals surface area contributed by atoms with Gasteiger partial charge in [0.25, 0.3) is 0 Å². The summed E-state index contributed by atoms with van der Waals surface area (Å²) in [6.07, 6.45) is 5.03. The molecule has 0 aliphatic heterocycles. The number of para-hydroxylation sites is 1. The minimum Gasteiger partial charge on any atom is -0.325 e. The standard InChI is InChI=1S/C24H31NOS2/c1-16-12-13-20(19(4)14-16)28-22-11-6-5-10-21(22)27-15-23(26)25-24-17(2)8-7-9-18(24)3/h7-9,12-14,21-22H,5-6,10-11,15H2,1-4H3,(H,25,26)/t21-,22-/m1/s1. The van der Waals surface area contributed by atoms with Crippen molar-refractivity contribution in [1.29, 1.82) is 0 Å². The number of rotatable bonds is 6. The van der Waals surface area contributed by atoms with E-state index >= 15 is 0 Å². The molecule has 0 spiro atoms. The van der Waals surface area contributed by atoms with E-state index in [-0.39, 0.29) is 5.91 Å². The average molecular weight is 414 g/mol. The van der Waals surface area contributed by atoms with Crippen molar-refractivity contribution in [3.8, 4) is 0 Å². The highest BCUT2D eigenvalue weighted by Crippen LogP contribution is 2.40. The van der Waals surface area contributed by atoms with Gasteiger partial charge in [0.15, 0.2) is 0 Å². The highest BCUT2D eigenvalue weighted by Gasteiger charge is 2.27. The monoisotopic (exact) mass is 413 g/mol. The maximum atomic E-state index is 12.6. The van der Waals surface area contributed by atoms with Crippen molar-refractivity contribution in [3.05, 3.63) is 58.7 Å². The van der Waals surface area contributed by atoms with Crippen LogP contribution in [0.5, 0.6) is 0 Å². The number of aryl methyl sites for hydroxylation is 4. The van der Waals surface area contributed by atoms with Crippen molar-refractivity contribution in [2.45, 2.75) is 68.8 Å². The van der Waals surface area contributed by atoms with E-state index in [1.54, 1.807) is 0 Å². The van der Waals surface area contributed by atoms with Crippen LogP contribution >= 0.6 is 23.5 Å². The van der Waals surface area contributed by atoms with Crippen LogP contribution in [-0.2, 0) is 4.79 Å². The maximum Gasteiger partial charge on any atom is 0.234 e. The minimum absolute atomic E-state index is 0.114. The van der Waals surface area contributed by atoms with Crippen molar-refractivity contribution in [3.63, 3.8) is 0 Å². The Labute approximate surface area is 178 Å². The molecule has 1 N–H and O–H groups in total. The first-order chi connectivity index (χ1) is 13.4. The Balaban J connectivity index is 1.59. The molecule has 0 bridgehead atoms. The molecule has 150 valence electrons. The molecule has 0 unspecified atom stereocenters. The van der Waals surface area contributed by atoms with Crippen LogP contribution in [0.2, 0.25) is 0 Å². The Morgan fingerprint density at radius 2 is 1.64 bits per heavy atom. The first kappa shape index (κ1) is 21.3. The third kappa shape index (κ3) is 5.57. The summed E-state index contributed by atoms with van der Waals surface area (Å²) in [4.78, 5) is 14.0. The third-order valence-corrected chi connectivity index (χ3v) is 8.60. The summed E-state index contributed by atoms with van der Waals surface area (Å²) in [5.41, 5.74) is 5.91. The summed E-state index contributed by atoms with van der Waals surface area (Å²) >= 11 is 3.86. The van der Waals surface area contributed by atoms with Crippen LogP contribution in [0.4, 0.5) is 5.69 Å². The van der Waals surface area contributed by atoms with Gasteiger partial charge in [-0.3, -0.25) is 4.79 Å². The van der Waals surface area contributed by atoms with Gasteiger partial charge in [-0.2, -0.15) is 0 Å². The second-order valence-electron chi connectivity index (χ2n) is 7.87. The number of nitrogens with one attached hydrogen (secondary N) is 1. The van der Waals surface area contributed by atoms with Gasteiger partial charge in [0.1, 0.15) is 0 Å². The molecule has 1 aliphatic carbocycles. The number of thioether (sulfide) groups is 2. The largest absolute Gasteiger partial charge is 0.325 e. The molecule has 1 saturated carbocycles. The number of anilines is 1. The van der Waals surface area contributed by atoms with E-state index in [1.165, 1.54) is 41.7 Å². The Morgan fingerprint density at radius 1 is 0.964 bits per heavy atom. The smallest absolute Gasteiger partial charge is 0.234 e. The Hall–Kier alpha value is -1.39. The lowest BCUT2D eigenvalue weighted by Gasteiger charge is -2.31. The van der Waals surface area contributed by atoms with Gasteiger partial charge in [0.2, 0.25) is 5.91 Å². The van der Waals surface area contributed by atoms with Gasteiger partial charge in [-0.05, 0) is 63.3 Å². The van der Waals surface area contributed by atoms with Crippen molar-refractivity contribution < 1.29 is 4.79 Å². The minimum atomic E-state index is 0.114. The number of hydrogen-bond donors (Lipinski definition) is 1. The van der Waals surface area contributed by atoms with Crippen molar-refractivity contribution in [2.24, 2.45) is 0 Å². The van der Waals surface area contributed by atoms with E-state index in [2.05, 4.69) is 37.4 Å². The highest BCUT2D eigenvalue weighted by molar-refractivity contribution is 8.04. The molecule has 0 saturated heterocycles. The predicted octanol–water partition coefficient (Wildman–Crippen LogP) is 6.70. The SMILES string of the molecule is Cc1ccc(S[C@@H]2CCCC[C@H]2SCC(=O)Nc2c(C)cccc2C)c(C)c1. The number of hydrogen-bond acceptors (Lipinski definition) is 3. The molecule has 2 aromatic rings. The lowest BCUT2D eigenvalue weighted by Crippen LogP contribution is -2.27. The molecule has 3 rings (SSSR count). The van der Waals surface area contributed by atoms with Gasteiger partial charge in [-0.1, -0.05) is 48.7 Å². The molecule has 0 aromatic heterocycles. The van der Waals surface area contributed by atoms with E-state index in [0.29, 0.717) is 16.3 Å². The van der Waals surface area contributed by atoms with E-state index < -0.39 is 0 Å². The van der Waals surface area contributed by atoms with Crippen LogP contribution in [0.25, 0.3) is 0 Å². The van der Waals surface area contributed by atoms with E-state index in [9.17, 15) is 4.79 Å². The van der Waals surface area contributed by atoms with Crippen LogP contribution < -0.4 is 5.32 Å². The molecule has 0 heterocycles. The topological polar surface area (TPSA) is 29.1 Å². The molecule has 1 fully saturated rings. The Morgan fingerprint density at radius 3 is 2.32 bits per heavy atom. The fourth-order valence-electron chi connectivity index (χ4n) is 3.85. The zero-order chi connectivity index (χ0) is 20.1. The first-order valence-electron chi connectivity index (χ1n) is 10.2. The molecular weight excluding hydrogens is 382 g/mol. The number of benzene rings is 2. The first-order valence-corrected chi connectivity index (χ1v) is 12.1. The number of carbonyl (C=O) groups is 1. The molecule has 1 amide bonds. The summed E-state index contributed by atoms with van der Waals surface area (Å²) < 4.78 is 0. The third-order valence-electron chi connectivity index (χ3n) is 5.42. The number of carbonyl (C=O) groups excluding carboxylic acids is 1. The van der Waals surface area contributed by atoms with Crippen molar-refractivity contribution in [2.75, 3.05) is 11.1 Å². The van der Waals surface area contributed by atoms with Crippen LogP contribution in [-0.4, -0.2) is 22.2 Å². The van der Waals surface area contributed by atoms with E-state index in [1.807, 2.05) is 55.6 Å². The van der Waals surface area contributed by atoms with Gasteiger partial charge < -0.3 is 5.32 Å². The molecule has 1 aliphatic rings. The number of amides is 1. The molecule has 4 heteroatoms. The van der Waals surface area contributed by atoms with E-state index in [4.69, 9.17) is 0 Å². The van der Waals surface area contributed by atoms with Crippen molar-refractivity contribution in [1.82, 2.24) is 0 Å². The van der Waals surface area contributed by atoms with Crippen LogP contribution in [0, 0.1) is 27.7 Å². The molecule has 2 aromatic carbocycles. The van der Waals surface area contributed by atoms with Crippen LogP contribution in [0.15, 0.2) is 41.3 Å². The molecule has 28 heavy (non-hydrogen) atoms. The summed E-state index contributed by atoms with van der Waals surface area (Å²) in [6, 6.07) is 12.9. The van der Waals surface area contributed by atoms with Gasteiger partial charge in [-0.25, -0.2) is 0 Å². The van der Waals surface area contributed by atoms with Crippen LogP contribution in [0.1, 0.15) is 47.9 Å². The van der Waals surface area contributed by atoms with Crippen LogP contribution in [0.3, 0.4) is 0 Å². The maximum absolute atomic E-state index is 12.6. The lowest BCUT2D eigenvalue weighted by molar-refractivity contribution is -0.113. The summed E-state index contributed by atoms with van der Waals surface area (Å²) in [6.45, 7) is 8.45. The molecule has 2 nitrogen and oxygen atoms in total. The lowest BCUT2D eigenvalue weighted by atomic mass is 10.00. The van der Waals surface area contributed by atoms with Gasteiger partial charge in [-0.15, -0.1) is 23.5 Å². The molecular formula is C24H31NOS2. The fraction of sp³-hybridized carbons (Fsp3) is 0.458. The summed E-state index contributed by atoms with van der Waals surface area (Å²) in [5, 5.41) is 4.27. The average Bonchev–Trinajstić information content (AvgIpc) is 2.66. The quantitative estimate of drug-likeness (QED) is 0.571.